The average molecular weight is 469 g/mol. The summed E-state index contributed by atoms with van der Waals surface area (Å²) in [6.07, 6.45) is 0.985. The van der Waals surface area contributed by atoms with E-state index in [4.69, 9.17) is 5.73 Å². The number of thiophene rings is 1. The maximum Gasteiger partial charge on any atom is 0.264 e. The summed E-state index contributed by atoms with van der Waals surface area (Å²) < 4.78 is 0. The second kappa shape index (κ2) is 9.35. The van der Waals surface area contributed by atoms with Crippen LogP contribution in [0.3, 0.4) is 0 Å². The first kappa shape index (κ1) is 23.0. The fraction of sp³-hybridized carbons (Fsp3) is 0.417. The molecule has 3 N–H and O–H groups in total. The number of hydrogen-bond acceptors (Lipinski definition) is 6. The van der Waals surface area contributed by atoms with Gasteiger partial charge in [0.15, 0.2) is 5.78 Å². The van der Waals surface area contributed by atoms with Gasteiger partial charge in [0.05, 0.1) is 17.5 Å². The number of rotatable bonds is 6. The van der Waals surface area contributed by atoms with Crippen molar-refractivity contribution in [3.63, 3.8) is 0 Å². The van der Waals surface area contributed by atoms with Crippen LogP contribution in [0.4, 0.5) is 5.69 Å². The summed E-state index contributed by atoms with van der Waals surface area (Å²) in [5, 5.41) is 4.68. The summed E-state index contributed by atoms with van der Waals surface area (Å²) in [7, 11) is 0. The zero-order chi connectivity index (χ0) is 23.7. The van der Waals surface area contributed by atoms with Crippen LogP contribution < -0.4 is 11.1 Å². The molecule has 0 aliphatic carbocycles. The van der Waals surface area contributed by atoms with E-state index in [-0.39, 0.29) is 42.0 Å². The summed E-state index contributed by atoms with van der Waals surface area (Å²) in [6, 6.07) is 8.29. The van der Waals surface area contributed by atoms with Crippen LogP contribution in [0.25, 0.3) is 0 Å². The van der Waals surface area contributed by atoms with Crippen LogP contribution in [0.5, 0.6) is 0 Å². The minimum Gasteiger partial charge on any atom is -0.399 e. The Hall–Kier alpha value is -3.20. The van der Waals surface area contributed by atoms with Crippen LogP contribution >= 0.6 is 11.3 Å². The molecule has 8 nitrogen and oxygen atoms in total. The molecule has 174 valence electrons. The van der Waals surface area contributed by atoms with Crippen LogP contribution in [0.15, 0.2) is 41.8 Å². The molecular formula is C24H28N4O4S. The number of Topliss-reactive ketones (excluding diaryl/α,β-unsaturated/α-hetero) is 1. The molecule has 0 spiro atoms. The van der Waals surface area contributed by atoms with Gasteiger partial charge >= 0.3 is 0 Å². The Morgan fingerprint density at radius 2 is 1.88 bits per heavy atom. The summed E-state index contributed by atoms with van der Waals surface area (Å²) in [5.41, 5.74) is 6.66. The number of hydrogen-bond donors (Lipinski definition) is 2. The van der Waals surface area contributed by atoms with E-state index < -0.39 is 12.1 Å². The second-order valence-corrected chi connectivity index (χ2v) is 9.93. The Balaban J connectivity index is 1.51. The van der Waals surface area contributed by atoms with E-state index in [1.54, 1.807) is 46.2 Å². The van der Waals surface area contributed by atoms with Gasteiger partial charge in [0.25, 0.3) is 11.8 Å². The van der Waals surface area contributed by atoms with Crippen molar-refractivity contribution in [2.45, 2.75) is 44.8 Å². The third-order valence-corrected chi connectivity index (χ3v) is 7.04. The van der Waals surface area contributed by atoms with Gasteiger partial charge in [-0.2, -0.15) is 0 Å². The van der Waals surface area contributed by atoms with Crippen LogP contribution in [0.1, 0.15) is 46.7 Å². The fourth-order valence-electron chi connectivity index (χ4n) is 4.65. The largest absolute Gasteiger partial charge is 0.399 e. The monoisotopic (exact) mass is 468 g/mol. The molecule has 3 atom stereocenters. The predicted octanol–water partition coefficient (Wildman–Crippen LogP) is 2.17. The standard InChI is InChI=1S/C24H28N4O4S/c1-14(2)12-17(26-22(30)15-5-7-16(25)8-6-15)23(31)27-10-9-18-21(27)19(29)13-28(18)24(32)20-4-3-11-33-20/h3-8,11,14,17-18,21H,9-10,12-13,25H2,1-2H3,(H,26,30). The molecule has 3 unspecified atom stereocenters. The summed E-state index contributed by atoms with van der Waals surface area (Å²) >= 11 is 1.34. The smallest absolute Gasteiger partial charge is 0.264 e. The number of nitrogens with one attached hydrogen (secondary N) is 1. The first-order valence-electron chi connectivity index (χ1n) is 11.1. The number of nitrogens with zero attached hydrogens (tertiary/aromatic N) is 2. The Kier molecular flexibility index (Phi) is 6.51. The topological polar surface area (TPSA) is 113 Å². The molecule has 2 saturated heterocycles. The van der Waals surface area contributed by atoms with Gasteiger partial charge in [0.2, 0.25) is 5.91 Å². The third kappa shape index (κ3) is 4.64. The zero-order valence-electron chi connectivity index (χ0n) is 18.7. The van der Waals surface area contributed by atoms with E-state index in [9.17, 15) is 19.2 Å². The van der Waals surface area contributed by atoms with E-state index in [0.29, 0.717) is 35.5 Å². The predicted molar refractivity (Wildman–Crippen MR) is 126 cm³/mol. The Morgan fingerprint density at radius 3 is 2.52 bits per heavy atom. The van der Waals surface area contributed by atoms with Crippen LogP contribution in [-0.2, 0) is 9.59 Å². The fourth-order valence-corrected chi connectivity index (χ4v) is 5.33. The lowest BCUT2D eigenvalue weighted by atomic mass is 10.0. The zero-order valence-corrected chi connectivity index (χ0v) is 19.5. The first-order chi connectivity index (χ1) is 15.8. The molecular weight excluding hydrogens is 440 g/mol. The van der Waals surface area contributed by atoms with Crippen molar-refractivity contribution in [1.82, 2.24) is 15.1 Å². The molecule has 2 fully saturated rings. The number of carbonyl (C=O) groups excluding carboxylic acids is 4. The highest BCUT2D eigenvalue weighted by molar-refractivity contribution is 7.12. The average Bonchev–Trinajstić information content (AvgIpc) is 3.51. The highest BCUT2D eigenvalue weighted by Crippen LogP contribution is 2.32. The van der Waals surface area contributed by atoms with E-state index in [2.05, 4.69) is 5.32 Å². The molecule has 4 rings (SSSR count). The van der Waals surface area contributed by atoms with E-state index in [1.165, 1.54) is 11.3 Å². The molecule has 9 heteroatoms. The van der Waals surface area contributed by atoms with Gasteiger partial charge < -0.3 is 20.9 Å². The Morgan fingerprint density at radius 1 is 1.15 bits per heavy atom. The van der Waals surface area contributed by atoms with Gasteiger partial charge in [-0.05, 0) is 54.5 Å². The molecule has 3 amide bonds. The highest BCUT2D eigenvalue weighted by Gasteiger charge is 2.52. The SMILES string of the molecule is CC(C)CC(NC(=O)c1ccc(N)cc1)C(=O)N1CCC2C1C(=O)CN2C(=O)c1cccs1. The van der Waals surface area contributed by atoms with Gasteiger partial charge in [-0.1, -0.05) is 19.9 Å². The maximum absolute atomic E-state index is 13.5. The number of nitrogen functional groups attached to an aromatic ring is 1. The quantitative estimate of drug-likeness (QED) is 0.631. The van der Waals surface area contributed by atoms with Gasteiger partial charge in [-0.25, -0.2) is 0 Å². The molecule has 1 aromatic heterocycles. The maximum atomic E-state index is 13.5. The van der Waals surface area contributed by atoms with Crippen molar-refractivity contribution in [2.75, 3.05) is 18.8 Å². The van der Waals surface area contributed by atoms with Crippen molar-refractivity contribution in [1.29, 1.82) is 0 Å². The number of likely N-dealkylation sites (tertiary alicyclic amines) is 2. The number of ketones is 1. The lowest BCUT2D eigenvalue weighted by molar-refractivity contribution is -0.138. The van der Waals surface area contributed by atoms with Crippen molar-refractivity contribution in [2.24, 2.45) is 5.92 Å². The molecule has 0 saturated carbocycles. The van der Waals surface area contributed by atoms with Crippen molar-refractivity contribution in [3.8, 4) is 0 Å². The molecule has 0 bridgehead atoms. The number of anilines is 1. The van der Waals surface area contributed by atoms with E-state index in [0.717, 1.165) is 0 Å². The summed E-state index contributed by atoms with van der Waals surface area (Å²) in [5.74, 6) is -0.796. The van der Waals surface area contributed by atoms with Gasteiger partial charge in [0.1, 0.15) is 12.1 Å². The third-order valence-electron chi connectivity index (χ3n) is 6.18. The first-order valence-corrected chi connectivity index (χ1v) is 12.0. The summed E-state index contributed by atoms with van der Waals surface area (Å²) in [4.78, 5) is 55.8. The normalized spacial score (nSPS) is 20.8. The molecule has 33 heavy (non-hydrogen) atoms. The van der Waals surface area contributed by atoms with Crippen LogP contribution in [-0.4, -0.2) is 64.5 Å². The number of fused-ring (bicyclic) bond motifs is 1. The van der Waals surface area contributed by atoms with Crippen molar-refractivity contribution < 1.29 is 19.2 Å². The second-order valence-electron chi connectivity index (χ2n) is 8.99. The van der Waals surface area contributed by atoms with Gasteiger partial charge in [-0.15, -0.1) is 11.3 Å². The molecule has 2 aliphatic rings. The highest BCUT2D eigenvalue weighted by atomic mass is 32.1. The molecule has 2 aliphatic heterocycles. The molecule has 0 radical (unpaired) electrons. The minimum absolute atomic E-state index is 0.00247. The summed E-state index contributed by atoms with van der Waals surface area (Å²) in [6.45, 7) is 4.33. The van der Waals surface area contributed by atoms with Crippen molar-refractivity contribution >= 4 is 40.5 Å². The minimum atomic E-state index is -0.761. The molecule has 2 aromatic rings. The van der Waals surface area contributed by atoms with Gasteiger partial charge in [0, 0.05) is 17.8 Å². The number of benzene rings is 1. The number of carbonyl (C=O) groups is 4. The number of nitrogens with two attached hydrogens (primary N) is 1. The molecule has 3 heterocycles. The molecule has 1 aromatic carbocycles. The van der Waals surface area contributed by atoms with Crippen LogP contribution in [0, 0.1) is 5.92 Å². The lowest BCUT2D eigenvalue weighted by Crippen LogP contribution is -2.53. The van der Waals surface area contributed by atoms with E-state index >= 15 is 0 Å². The Bertz CT molecular complexity index is 1050. The van der Waals surface area contributed by atoms with Crippen molar-refractivity contribution in [3.05, 3.63) is 52.2 Å². The van der Waals surface area contributed by atoms with Crippen LogP contribution in [0.2, 0.25) is 0 Å². The lowest BCUT2D eigenvalue weighted by Gasteiger charge is -2.29. The van der Waals surface area contributed by atoms with Gasteiger partial charge in [-0.3, -0.25) is 19.2 Å². The van der Waals surface area contributed by atoms with E-state index in [1.807, 2.05) is 19.2 Å². The Labute approximate surface area is 196 Å². The number of amides is 3.